The van der Waals surface area contributed by atoms with E-state index in [1.807, 2.05) is 23.5 Å². The number of hydrogen-bond donors (Lipinski definition) is 1. The van der Waals surface area contributed by atoms with Crippen LogP contribution in [0, 0.1) is 0 Å². The Morgan fingerprint density at radius 3 is 2.90 bits per heavy atom. The molecule has 0 radical (unpaired) electrons. The zero-order valence-electron chi connectivity index (χ0n) is 12.6. The molecule has 1 N–H and O–H groups in total. The maximum atomic E-state index is 5.44. The summed E-state index contributed by atoms with van der Waals surface area (Å²) in [7, 11) is 0. The van der Waals surface area contributed by atoms with Gasteiger partial charge in [0.15, 0.2) is 5.82 Å². The van der Waals surface area contributed by atoms with Gasteiger partial charge in [-0.15, -0.1) is 11.8 Å². The Morgan fingerprint density at radius 1 is 1.35 bits per heavy atom. The van der Waals surface area contributed by atoms with Crippen LogP contribution in [0.2, 0.25) is 0 Å². The highest BCUT2D eigenvalue weighted by Crippen LogP contribution is 2.42. The molecule has 4 nitrogen and oxygen atoms in total. The molecule has 1 aromatic heterocycles. The Bertz CT molecular complexity index is 400. The second kappa shape index (κ2) is 8.29. The standard InChI is InChI=1S/C14H25N3OS2/c1-4-6-15-10(3)9-12-16-14(17-18-12)13-11(5-2)19-7-8-20-13/h10-11,13,15H,4-9H2,1-3H3. The number of rotatable bonds is 7. The van der Waals surface area contributed by atoms with Gasteiger partial charge in [-0.25, -0.2) is 0 Å². The maximum Gasteiger partial charge on any atom is 0.228 e. The molecule has 3 unspecified atom stereocenters. The number of nitrogens with one attached hydrogen (secondary N) is 1. The van der Waals surface area contributed by atoms with Crippen LogP contribution in [0.1, 0.15) is 50.6 Å². The maximum absolute atomic E-state index is 5.44. The van der Waals surface area contributed by atoms with Crippen LogP contribution in [0.5, 0.6) is 0 Å². The average Bonchev–Trinajstić information content (AvgIpc) is 2.93. The Hall–Kier alpha value is -0.200. The summed E-state index contributed by atoms with van der Waals surface area (Å²) in [5.41, 5.74) is 0. The van der Waals surface area contributed by atoms with Gasteiger partial charge in [0.2, 0.25) is 5.89 Å². The van der Waals surface area contributed by atoms with Crippen LogP contribution in [-0.2, 0) is 6.42 Å². The van der Waals surface area contributed by atoms with Crippen LogP contribution in [0.25, 0.3) is 0 Å². The van der Waals surface area contributed by atoms with Crippen LogP contribution in [0.4, 0.5) is 0 Å². The minimum atomic E-state index is 0.388. The lowest BCUT2D eigenvalue weighted by Gasteiger charge is -2.27. The summed E-state index contributed by atoms with van der Waals surface area (Å²) in [6.45, 7) is 7.62. The highest BCUT2D eigenvalue weighted by Gasteiger charge is 2.30. The number of aromatic nitrogens is 2. The second-order valence-electron chi connectivity index (χ2n) is 5.21. The lowest BCUT2D eigenvalue weighted by Crippen LogP contribution is -2.28. The third kappa shape index (κ3) is 4.40. The Balaban J connectivity index is 1.93. The molecule has 0 bridgehead atoms. The van der Waals surface area contributed by atoms with Crippen molar-refractivity contribution < 1.29 is 4.52 Å². The number of hydrogen-bond acceptors (Lipinski definition) is 6. The van der Waals surface area contributed by atoms with E-state index in [-0.39, 0.29) is 0 Å². The molecule has 2 rings (SSSR count). The zero-order valence-corrected chi connectivity index (χ0v) is 14.2. The summed E-state index contributed by atoms with van der Waals surface area (Å²) in [5.74, 6) is 4.08. The van der Waals surface area contributed by atoms with E-state index in [1.54, 1.807) is 0 Å². The molecule has 0 aliphatic carbocycles. The van der Waals surface area contributed by atoms with Crippen LogP contribution < -0.4 is 5.32 Å². The molecule has 0 amide bonds. The molecule has 1 aliphatic heterocycles. The molecule has 3 atom stereocenters. The lowest BCUT2D eigenvalue weighted by molar-refractivity contribution is 0.357. The van der Waals surface area contributed by atoms with Crippen molar-refractivity contribution in [3.05, 3.63) is 11.7 Å². The molecule has 20 heavy (non-hydrogen) atoms. The van der Waals surface area contributed by atoms with E-state index >= 15 is 0 Å². The highest BCUT2D eigenvalue weighted by atomic mass is 32.2. The van der Waals surface area contributed by atoms with Crippen LogP contribution in [0.3, 0.4) is 0 Å². The first kappa shape index (κ1) is 16.2. The molecular weight excluding hydrogens is 290 g/mol. The Labute approximate surface area is 130 Å². The summed E-state index contributed by atoms with van der Waals surface area (Å²) >= 11 is 4.02. The smallest absolute Gasteiger partial charge is 0.228 e. The molecule has 0 spiro atoms. The summed E-state index contributed by atoms with van der Waals surface area (Å²) in [6, 6.07) is 0.388. The molecule has 2 heterocycles. The van der Waals surface area contributed by atoms with E-state index in [0.29, 0.717) is 16.5 Å². The van der Waals surface area contributed by atoms with Gasteiger partial charge in [-0.2, -0.15) is 16.7 Å². The second-order valence-corrected chi connectivity index (χ2v) is 7.81. The zero-order chi connectivity index (χ0) is 14.4. The minimum absolute atomic E-state index is 0.388. The lowest BCUT2D eigenvalue weighted by atomic mass is 10.2. The quantitative estimate of drug-likeness (QED) is 0.833. The summed E-state index contributed by atoms with van der Waals surface area (Å²) in [6.07, 6.45) is 3.13. The third-order valence-electron chi connectivity index (χ3n) is 3.41. The van der Waals surface area contributed by atoms with Gasteiger partial charge in [0.1, 0.15) is 0 Å². The first-order valence-corrected chi connectivity index (χ1v) is 9.63. The topological polar surface area (TPSA) is 51.0 Å². The Kier molecular flexibility index (Phi) is 6.71. The molecule has 1 aromatic rings. The van der Waals surface area contributed by atoms with E-state index in [2.05, 4.69) is 36.2 Å². The third-order valence-corrected chi connectivity index (χ3v) is 6.66. The molecule has 114 valence electrons. The summed E-state index contributed by atoms with van der Waals surface area (Å²) < 4.78 is 5.44. The van der Waals surface area contributed by atoms with Crippen LogP contribution in [-0.4, -0.2) is 39.5 Å². The molecule has 6 heteroatoms. The van der Waals surface area contributed by atoms with E-state index in [1.165, 1.54) is 17.9 Å². The van der Waals surface area contributed by atoms with Gasteiger partial charge in [0, 0.05) is 29.2 Å². The SMILES string of the molecule is CCCNC(C)Cc1nc(C2SCCSC2CC)no1. The predicted octanol–water partition coefficient (Wildman–Crippen LogP) is 3.30. The molecule has 1 saturated heterocycles. The van der Waals surface area contributed by atoms with Gasteiger partial charge in [0.05, 0.1) is 5.25 Å². The first-order valence-electron chi connectivity index (χ1n) is 7.53. The van der Waals surface area contributed by atoms with Crippen molar-refractivity contribution >= 4 is 23.5 Å². The van der Waals surface area contributed by atoms with Crippen molar-refractivity contribution in [2.75, 3.05) is 18.1 Å². The number of nitrogens with zero attached hydrogens (tertiary/aromatic N) is 2. The van der Waals surface area contributed by atoms with Gasteiger partial charge in [-0.1, -0.05) is 19.0 Å². The summed E-state index contributed by atoms with van der Waals surface area (Å²) in [5, 5.41) is 8.69. The monoisotopic (exact) mass is 315 g/mol. The first-order chi connectivity index (χ1) is 9.74. The van der Waals surface area contributed by atoms with Crippen LogP contribution >= 0.6 is 23.5 Å². The predicted molar refractivity (Wildman–Crippen MR) is 87.5 cm³/mol. The molecular formula is C14H25N3OS2. The molecule has 0 aromatic carbocycles. The van der Waals surface area contributed by atoms with E-state index < -0.39 is 0 Å². The van der Waals surface area contributed by atoms with E-state index in [4.69, 9.17) is 4.52 Å². The van der Waals surface area contributed by atoms with Crippen molar-refractivity contribution in [3.63, 3.8) is 0 Å². The van der Waals surface area contributed by atoms with E-state index in [0.717, 1.165) is 31.1 Å². The largest absolute Gasteiger partial charge is 0.339 e. The van der Waals surface area contributed by atoms with Crippen LogP contribution in [0.15, 0.2) is 4.52 Å². The fraction of sp³-hybridized carbons (Fsp3) is 0.857. The number of thioether (sulfide) groups is 2. The fourth-order valence-corrected chi connectivity index (χ4v) is 5.32. The molecule has 1 aliphatic rings. The fourth-order valence-electron chi connectivity index (χ4n) is 2.33. The van der Waals surface area contributed by atoms with Gasteiger partial charge in [-0.05, 0) is 26.3 Å². The van der Waals surface area contributed by atoms with Gasteiger partial charge in [0.25, 0.3) is 0 Å². The Morgan fingerprint density at radius 2 is 2.15 bits per heavy atom. The summed E-state index contributed by atoms with van der Waals surface area (Å²) in [4.78, 5) is 4.63. The van der Waals surface area contributed by atoms with Crippen molar-refractivity contribution in [3.8, 4) is 0 Å². The van der Waals surface area contributed by atoms with Gasteiger partial charge < -0.3 is 9.84 Å². The van der Waals surface area contributed by atoms with Crippen molar-refractivity contribution in [1.82, 2.24) is 15.5 Å². The average molecular weight is 316 g/mol. The molecule has 0 saturated carbocycles. The van der Waals surface area contributed by atoms with Crippen molar-refractivity contribution in [2.45, 2.75) is 56.6 Å². The molecule has 1 fully saturated rings. The van der Waals surface area contributed by atoms with Gasteiger partial charge in [-0.3, -0.25) is 0 Å². The van der Waals surface area contributed by atoms with Gasteiger partial charge >= 0.3 is 0 Å². The normalized spacial score (nSPS) is 24.8. The van der Waals surface area contributed by atoms with Crippen molar-refractivity contribution in [2.24, 2.45) is 0 Å². The van der Waals surface area contributed by atoms with E-state index in [9.17, 15) is 0 Å². The van der Waals surface area contributed by atoms with Crippen molar-refractivity contribution in [1.29, 1.82) is 0 Å². The highest BCUT2D eigenvalue weighted by molar-refractivity contribution is 8.06. The minimum Gasteiger partial charge on any atom is -0.339 e.